The molecular weight excluding hydrogens is 343 g/mol. The molecule has 1 aromatic carbocycles. The van der Waals surface area contributed by atoms with Crippen molar-refractivity contribution in [3.63, 3.8) is 0 Å². The second kappa shape index (κ2) is 7.53. The van der Waals surface area contributed by atoms with E-state index in [9.17, 15) is 0 Å². The first kappa shape index (κ1) is 13.3. The Labute approximate surface area is 112 Å². The fourth-order valence-electron chi connectivity index (χ4n) is 1.17. The van der Waals surface area contributed by atoms with Crippen LogP contribution in [0.5, 0.6) is 5.75 Å². The van der Waals surface area contributed by atoms with Crippen molar-refractivity contribution in [3.8, 4) is 5.75 Å². The summed E-state index contributed by atoms with van der Waals surface area (Å²) in [5.41, 5.74) is 0. The van der Waals surface area contributed by atoms with Crippen molar-refractivity contribution >= 4 is 43.5 Å². The number of hydrogen-bond acceptors (Lipinski definition) is 1. The zero-order valence-corrected chi connectivity index (χ0v) is 12.2. The van der Waals surface area contributed by atoms with Gasteiger partial charge in [0.25, 0.3) is 0 Å². The van der Waals surface area contributed by atoms with Gasteiger partial charge in [0.2, 0.25) is 0 Å². The van der Waals surface area contributed by atoms with Crippen molar-refractivity contribution in [2.75, 3.05) is 12.5 Å². The summed E-state index contributed by atoms with van der Waals surface area (Å²) in [7, 11) is 0. The summed E-state index contributed by atoms with van der Waals surface area (Å²) < 4.78 is 7.64. The van der Waals surface area contributed by atoms with Crippen molar-refractivity contribution in [1.29, 1.82) is 0 Å². The number of rotatable bonds is 6. The van der Waals surface area contributed by atoms with Gasteiger partial charge in [-0.05, 0) is 63.3 Å². The highest BCUT2D eigenvalue weighted by atomic mass is 79.9. The highest BCUT2D eigenvalue weighted by molar-refractivity contribution is 9.11. The number of para-hydroxylation sites is 1. The zero-order chi connectivity index (χ0) is 11.1. The Morgan fingerprint density at radius 1 is 1.07 bits per heavy atom. The van der Waals surface area contributed by atoms with Gasteiger partial charge in [-0.15, -0.1) is 11.6 Å². The van der Waals surface area contributed by atoms with Gasteiger partial charge in [0.15, 0.2) is 0 Å². The zero-order valence-electron chi connectivity index (χ0n) is 8.31. The third kappa shape index (κ3) is 4.75. The molecule has 0 aliphatic carbocycles. The lowest BCUT2D eigenvalue weighted by Crippen LogP contribution is -1.98. The topological polar surface area (TPSA) is 9.23 Å². The minimum Gasteiger partial charge on any atom is -0.491 e. The minimum atomic E-state index is 0.734. The maximum Gasteiger partial charge on any atom is 0.147 e. The predicted octanol–water partition coefficient (Wildman–Crippen LogP) is 5.00. The molecule has 0 aromatic heterocycles. The summed E-state index contributed by atoms with van der Waals surface area (Å²) in [6, 6.07) is 5.91. The van der Waals surface area contributed by atoms with Gasteiger partial charge in [-0.2, -0.15) is 0 Å². The van der Waals surface area contributed by atoms with E-state index in [1.807, 2.05) is 18.2 Å². The fraction of sp³-hybridized carbons (Fsp3) is 0.455. The lowest BCUT2D eigenvalue weighted by Gasteiger charge is -2.09. The molecule has 0 N–H and O–H groups in total. The molecule has 0 heterocycles. The molecule has 0 spiro atoms. The van der Waals surface area contributed by atoms with E-state index in [0.717, 1.165) is 46.4 Å². The van der Waals surface area contributed by atoms with Gasteiger partial charge in [0.05, 0.1) is 15.6 Å². The molecule has 0 amide bonds. The Kier molecular flexibility index (Phi) is 6.69. The Balaban J connectivity index is 2.37. The van der Waals surface area contributed by atoms with Crippen molar-refractivity contribution in [1.82, 2.24) is 0 Å². The highest BCUT2D eigenvalue weighted by Gasteiger charge is 2.04. The largest absolute Gasteiger partial charge is 0.491 e. The van der Waals surface area contributed by atoms with Gasteiger partial charge in [-0.1, -0.05) is 6.07 Å². The van der Waals surface area contributed by atoms with E-state index in [4.69, 9.17) is 16.3 Å². The molecule has 0 unspecified atom stereocenters. The van der Waals surface area contributed by atoms with Gasteiger partial charge in [-0.3, -0.25) is 0 Å². The molecule has 1 aromatic rings. The Morgan fingerprint density at radius 2 is 1.73 bits per heavy atom. The van der Waals surface area contributed by atoms with Crippen LogP contribution < -0.4 is 4.74 Å². The third-order valence-electron chi connectivity index (χ3n) is 1.94. The first-order valence-electron chi connectivity index (χ1n) is 4.88. The van der Waals surface area contributed by atoms with Crippen LogP contribution in [0.2, 0.25) is 0 Å². The van der Waals surface area contributed by atoms with Crippen molar-refractivity contribution in [2.24, 2.45) is 0 Å². The molecular formula is C11H13Br2ClO. The summed E-state index contributed by atoms with van der Waals surface area (Å²) in [5.74, 6) is 1.61. The second-order valence-electron chi connectivity index (χ2n) is 3.15. The normalized spacial score (nSPS) is 10.3. The van der Waals surface area contributed by atoms with Crippen LogP contribution in [0.25, 0.3) is 0 Å². The van der Waals surface area contributed by atoms with Crippen molar-refractivity contribution in [2.45, 2.75) is 19.3 Å². The van der Waals surface area contributed by atoms with Crippen LogP contribution in [0.15, 0.2) is 27.1 Å². The Hall–Kier alpha value is 0.270. The molecule has 0 saturated carbocycles. The van der Waals surface area contributed by atoms with Crippen molar-refractivity contribution < 1.29 is 4.74 Å². The van der Waals surface area contributed by atoms with Gasteiger partial charge in [0, 0.05) is 5.88 Å². The summed E-state index contributed by atoms with van der Waals surface area (Å²) in [6.07, 6.45) is 3.22. The standard InChI is InChI=1S/C11H13Br2ClO/c12-9-5-4-6-10(13)11(9)15-8-3-1-2-7-14/h4-6H,1-3,7-8H2. The molecule has 0 bridgehead atoms. The van der Waals surface area contributed by atoms with Crippen LogP contribution >= 0.6 is 43.5 Å². The summed E-state index contributed by atoms with van der Waals surface area (Å²) in [4.78, 5) is 0. The van der Waals surface area contributed by atoms with Crippen LogP contribution in [0.1, 0.15) is 19.3 Å². The van der Waals surface area contributed by atoms with E-state index < -0.39 is 0 Å². The molecule has 0 aliphatic rings. The maximum absolute atomic E-state index is 5.68. The van der Waals surface area contributed by atoms with Crippen LogP contribution in [-0.4, -0.2) is 12.5 Å². The van der Waals surface area contributed by atoms with Gasteiger partial charge < -0.3 is 4.74 Å². The highest BCUT2D eigenvalue weighted by Crippen LogP contribution is 2.32. The quantitative estimate of drug-likeness (QED) is 0.515. The van der Waals surface area contributed by atoms with Crippen LogP contribution in [-0.2, 0) is 0 Å². The monoisotopic (exact) mass is 354 g/mol. The SMILES string of the molecule is ClCCCCCOc1c(Br)cccc1Br. The smallest absolute Gasteiger partial charge is 0.147 e. The van der Waals surface area contributed by atoms with E-state index in [1.54, 1.807) is 0 Å². The van der Waals surface area contributed by atoms with Gasteiger partial charge in [0.1, 0.15) is 5.75 Å². The molecule has 1 nitrogen and oxygen atoms in total. The molecule has 0 saturated heterocycles. The summed E-state index contributed by atoms with van der Waals surface area (Å²) in [6.45, 7) is 0.734. The van der Waals surface area contributed by atoms with Crippen LogP contribution in [0.4, 0.5) is 0 Å². The van der Waals surface area contributed by atoms with E-state index in [2.05, 4.69) is 31.9 Å². The average Bonchev–Trinajstić information content (AvgIpc) is 2.21. The number of benzene rings is 1. The van der Waals surface area contributed by atoms with Crippen LogP contribution in [0.3, 0.4) is 0 Å². The molecule has 84 valence electrons. The molecule has 0 radical (unpaired) electrons. The lowest BCUT2D eigenvalue weighted by atomic mass is 10.3. The predicted molar refractivity (Wildman–Crippen MR) is 71.9 cm³/mol. The van der Waals surface area contributed by atoms with E-state index in [-0.39, 0.29) is 0 Å². The number of halogens is 3. The van der Waals surface area contributed by atoms with Crippen LogP contribution in [0, 0.1) is 0 Å². The van der Waals surface area contributed by atoms with Gasteiger partial charge in [-0.25, -0.2) is 0 Å². The summed E-state index contributed by atoms with van der Waals surface area (Å²) >= 11 is 12.5. The first-order chi connectivity index (χ1) is 7.25. The lowest BCUT2D eigenvalue weighted by molar-refractivity contribution is 0.303. The van der Waals surface area contributed by atoms with Gasteiger partial charge >= 0.3 is 0 Å². The molecule has 0 atom stereocenters. The molecule has 15 heavy (non-hydrogen) atoms. The third-order valence-corrected chi connectivity index (χ3v) is 3.46. The Bertz CT molecular complexity index is 284. The number of ether oxygens (including phenoxy) is 1. The minimum absolute atomic E-state index is 0.734. The van der Waals surface area contributed by atoms with E-state index in [0.29, 0.717) is 0 Å². The molecule has 4 heteroatoms. The fourth-order valence-corrected chi connectivity index (χ4v) is 2.58. The number of hydrogen-bond donors (Lipinski definition) is 0. The van der Waals surface area contributed by atoms with E-state index in [1.165, 1.54) is 0 Å². The summed E-state index contributed by atoms with van der Waals surface area (Å²) in [5, 5.41) is 0. The molecule has 0 aliphatic heterocycles. The average molecular weight is 356 g/mol. The number of unbranched alkanes of at least 4 members (excludes halogenated alkanes) is 2. The second-order valence-corrected chi connectivity index (χ2v) is 5.24. The molecule has 1 rings (SSSR count). The van der Waals surface area contributed by atoms with E-state index >= 15 is 0 Å². The van der Waals surface area contributed by atoms with Crippen molar-refractivity contribution in [3.05, 3.63) is 27.1 Å². The molecule has 0 fully saturated rings. The maximum atomic E-state index is 5.68. The first-order valence-corrected chi connectivity index (χ1v) is 7.00. The Morgan fingerprint density at radius 3 is 2.33 bits per heavy atom. The number of alkyl halides is 1.